The van der Waals surface area contributed by atoms with E-state index in [0.717, 1.165) is 0 Å². The number of halogens is 1. The lowest BCUT2D eigenvalue weighted by Gasteiger charge is -1.95. The van der Waals surface area contributed by atoms with E-state index in [4.69, 9.17) is 0 Å². The summed E-state index contributed by atoms with van der Waals surface area (Å²) in [5.41, 5.74) is 0.627. The first kappa shape index (κ1) is 7.95. The van der Waals surface area contributed by atoms with Gasteiger partial charge in [0.15, 0.2) is 0 Å². The van der Waals surface area contributed by atoms with Crippen molar-refractivity contribution in [2.45, 2.75) is 0 Å². The van der Waals surface area contributed by atoms with Crippen LogP contribution in [0.5, 0.6) is 0 Å². The molecule has 2 heteroatoms. The minimum absolute atomic E-state index is 0.473. The van der Waals surface area contributed by atoms with Gasteiger partial charge in [0.1, 0.15) is 5.83 Å². The molecule has 0 bridgehead atoms. The van der Waals surface area contributed by atoms with Gasteiger partial charge < -0.3 is 5.32 Å². The molecule has 0 saturated heterocycles. The van der Waals surface area contributed by atoms with Gasteiger partial charge in [0, 0.05) is 12.7 Å². The molecule has 0 radical (unpaired) electrons. The van der Waals surface area contributed by atoms with E-state index in [0.29, 0.717) is 5.70 Å². The molecule has 0 spiro atoms. The Morgan fingerprint density at radius 2 is 2.22 bits per heavy atom. The maximum Gasteiger partial charge on any atom is 0.118 e. The van der Waals surface area contributed by atoms with Crippen LogP contribution >= 0.6 is 0 Å². The number of hydrogen-bond acceptors (Lipinski definition) is 1. The lowest BCUT2D eigenvalue weighted by Crippen LogP contribution is -2.01. The quantitative estimate of drug-likeness (QED) is 0.569. The van der Waals surface area contributed by atoms with Crippen molar-refractivity contribution in [3.63, 3.8) is 0 Å². The van der Waals surface area contributed by atoms with Gasteiger partial charge in [0.05, 0.1) is 0 Å². The fourth-order valence-corrected chi connectivity index (χ4v) is 0.402. The second-order valence-electron chi connectivity index (χ2n) is 1.50. The molecule has 0 unspecified atom stereocenters. The van der Waals surface area contributed by atoms with Crippen molar-refractivity contribution in [2.24, 2.45) is 0 Å². The Labute approximate surface area is 54.6 Å². The van der Waals surface area contributed by atoms with Gasteiger partial charge in [-0.2, -0.15) is 0 Å². The molecule has 0 rings (SSSR count). The van der Waals surface area contributed by atoms with Gasteiger partial charge in [-0.1, -0.05) is 13.2 Å². The predicted molar refractivity (Wildman–Crippen MR) is 37.6 cm³/mol. The molecule has 0 aliphatic carbocycles. The number of allylic oxidation sites excluding steroid dienone is 3. The summed E-state index contributed by atoms with van der Waals surface area (Å²) in [6.07, 6.45) is 2.79. The van der Waals surface area contributed by atoms with Crippen molar-refractivity contribution in [3.05, 3.63) is 36.8 Å². The standard InChI is InChI=1S/C7H10FN/c1-4-7(9-3)5-6(2)8/h4-5,9H,1-2H2,3H3/b7-5+. The van der Waals surface area contributed by atoms with E-state index in [1.165, 1.54) is 12.2 Å². The van der Waals surface area contributed by atoms with Gasteiger partial charge in [-0.25, -0.2) is 4.39 Å². The number of likely N-dealkylation sites (N-methyl/N-ethyl adjacent to an activating group) is 1. The molecule has 0 atom stereocenters. The largest absolute Gasteiger partial charge is 0.388 e. The number of hydrogen-bond donors (Lipinski definition) is 1. The van der Waals surface area contributed by atoms with E-state index in [-0.39, 0.29) is 0 Å². The van der Waals surface area contributed by atoms with Gasteiger partial charge in [0.25, 0.3) is 0 Å². The molecule has 0 fully saturated rings. The Bertz CT molecular complexity index is 147. The van der Waals surface area contributed by atoms with Crippen LogP contribution in [0.4, 0.5) is 4.39 Å². The summed E-state index contributed by atoms with van der Waals surface area (Å²) in [4.78, 5) is 0. The molecule has 0 amide bonds. The van der Waals surface area contributed by atoms with Gasteiger partial charge >= 0.3 is 0 Å². The average Bonchev–Trinajstić information content (AvgIpc) is 1.82. The van der Waals surface area contributed by atoms with E-state index in [9.17, 15) is 4.39 Å². The smallest absolute Gasteiger partial charge is 0.118 e. The van der Waals surface area contributed by atoms with Crippen LogP contribution in [0.2, 0.25) is 0 Å². The first-order chi connectivity index (χ1) is 4.20. The fourth-order valence-electron chi connectivity index (χ4n) is 0.402. The fraction of sp³-hybridized carbons (Fsp3) is 0.143. The summed E-state index contributed by atoms with van der Waals surface area (Å²) in [7, 11) is 1.69. The summed E-state index contributed by atoms with van der Waals surface area (Å²) in [6.45, 7) is 6.51. The molecule has 1 nitrogen and oxygen atoms in total. The van der Waals surface area contributed by atoms with E-state index >= 15 is 0 Å². The van der Waals surface area contributed by atoms with Crippen LogP contribution in [0.3, 0.4) is 0 Å². The molecule has 0 aromatic heterocycles. The molecule has 0 aromatic rings. The molecule has 1 N–H and O–H groups in total. The second-order valence-corrected chi connectivity index (χ2v) is 1.50. The monoisotopic (exact) mass is 127 g/mol. The van der Waals surface area contributed by atoms with Crippen molar-refractivity contribution in [2.75, 3.05) is 7.05 Å². The van der Waals surface area contributed by atoms with Crippen LogP contribution in [0.25, 0.3) is 0 Å². The molecule has 0 aliphatic heterocycles. The highest BCUT2D eigenvalue weighted by Gasteiger charge is 1.85. The van der Waals surface area contributed by atoms with Crippen LogP contribution in [0, 0.1) is 0 Å². The zero-order valence-corrected chi connectivity index (χ0v) is 5.45. The third kappa shape index (κ3) is 3.53. The van der Waals surface area contributed by atoms with Crippen LogP contribution < -0.4 is 5.32 Å². The van der Waals surface area contributed by atoms with Crippen molar-refractivity contribution in [1.29, 1.82) is 0 Å². The first-order valence-corrected chi connectivity index (χ1v) is 2.57. The maximum atomic E-state index is 12.0. The summed E-state index contributed by atoms with van der Waals surface area (Å²) < 4.78 is 12.0. The number of rotatable bonds is 3. The van der Waals surface area contributed by atoms with Gasteiger partial charge in [-0.3, -0.25) is 0 Å². The topological polar surface area (TPSA) is 12.0 Å². The summed E-state index contributed by atoms with van der Waals surface area (Å²) in [5, 5.41) is 2.73. The molecular formula is C7H10FN. The molecule has 50 valence electrons. The average molecular weight is 127 g/mol. The third-order valence-electron chi connectivity index (χ3n) is 0.821. The Morgan fingerprint density at radius 1 is 1.67 bits per heavy atom. The first-order valence-electron chi connectivity index (χ1n) is 2.57. The maximum absolute atomic E-state index is 12.0. The Kier molecular flexibility index (Phi) is 3.44. The minimum atomic E-state index is -0.473. The highest BCUT2D eigenvalue weighted by Crippen LogP contribution is 1.97. The second kappa shape index (κ2) is 3.89. The highest BCUT2D eigenvalue weighted by molar-refractivity contribution is 5.21. The van der Waals surface area contributed by atoms with Crippen molar-refractivity contribution in [3.8, 4) is 0 Å². The van der Waals surface area contributed by atoms with E-state index in [1.807, 2.05) is 0 Å². The van der Waals surface area contributed by atoms with Gasteiger partial charge in [0.2, 0.25) is 0 Å². The zero-order chi connectivity index (χ0) is 7.28. The van der Waals surface area contributed by atoms with E-state index < -0.39 is 5.83 Å². The molecule has 0 aliphatic rings. The molecule has 9 heavy (non-hydrogen) atoms. The summed E-state index contributed by atoms with van der Waals surface area (Å²) >= 11 is 0. The molecule has 0 saturated carbocycles. The van der Waals surface area contributed by atoms with Crippen LogP contribution in [-0.2, 0) is 0 Å². The lowest BCUT2D eigenvalue weighted by atomic mass is 10.4. The summed E-state index contributed by atoms with van der Waals surface area (Å²) in [5.74, 6) is -0.473. The lowest BCUT2D eigenvalue weighted by molar-refractivity contribution is 0.668. The SMILES string of the molecule is C=C/C(=C\C(=C)F)NC. The molecular weight excluding hydrogens is 117 g/mol. The Hall–Kier alpha value is -1.05. The third-order valence-corrected chi connectivity index (χ3v) is 0.821. The summed E-state index contributed by atoms with van der Waals surface area (Å²) in [6, 6.07) is 0. The van der Waals surface area contributed by atoms with E-state index in [2.05, 4.69) is 18.5 Å². The van der Waals surface area contributed by atoms with Crippen molar-refractivity contribution >= 4 is 0 Å². The van der Waals surface area contributed by atoms with Gasteiger partial charge in [-0.05, 0) is 12.2 Å². The normalized spacial score (nSPS) is 10.7. The van der Waals surface area contributed by atoms with E-state index in [1.54, 1.807) is 7.05 Å². The van der Waals surface area contributed by atoms with Crippen molar-refractivity contribution < 1.29 is 4.39 Å². The number of nitrogens with one attached hydrogen (secondary N) is 1. The van der Waals surface area contributed by atoms with Crippen LogP contribution in [0.1, 0.15) is 0 Å². The Balaban J connectivity index is 4.07. The highest BCUT2D eigenvalue weighted by atomic mass is 19.1. The van der Waals surface area contributed by atoms with Crippen LogP contribution in [-0.4, -0.2) is 7.05 Å². The molecule has 0 aromatic carbocycles. The Morgan fingerprint density at radius 3 is 2.33 bits per heavy atom. The van der Waals surface area contributed by atoms with Gasteiger partial charge in [-0.15, -0.1) is 0 Å². The van der Waals surface area contributed by atoms with Crippen LogP contribution in [0.15, 0.2) is 36.8 Å². The minimum Gasteiger partial charge on any atom is -0.388 e. The molecule has 0 heterocycles. The van der Waals surface area contributed by atoms with Crippen molar-refractivity contribution in [1.82, 2.24) is 5.32 Å². The zero-order valence-electron chi connectivity index (χ0n) is 5.45. The predicted octanol–water partition coefficient (Wildman–Crippen LogP) is 1.76.